The SMILES string of the molecule is O=C(O)C=CC(=O)NC(=O)NCCN1CCCC1. The normalized spacial score (nSPS) is 15.8. The summed E-state index contributed by atoms with van der Waals surface area (Å²) in [4.78, 5) is 34.6. The third kappa shape index (κ3) is 6.00. The average Bonchev–Trinajstić information content (AvgIpc) is 2.79. The number of rotatable bonds is 5. The van der Waals surface area contributed by atoms with Crippen molar-refractivity contribution in [3.63, 3.8) is 0 Å². The number of hydrogen-bond donors (Lipinski definition) is 3. The smallest absolute Gasteiger partial charge is 0.328 e. The number of nitrogens with one attached hydrogen (secondary N) is 2. The molecule has 0 spiro atoms. The minimum atomic E-state index is -1.24. The van der Waals surface area contributed by atoms with Crippen molar-refractivity contribution in [2.45, 2.75) is 12.8 Å². The molecular weight excluding hydrogens is 238 g/mol. The lowest BCUT2D eigenvalue weighted by Gasteiger charge is -2.14. The highest BCUT2D eigenvalue weighted by Gasteiger charge is 2.11. The van der Waals surface area contributed by atoms with Crippen LogP contribution in [0.3, 0.4) is 0 Å². The average molecular weight is 255 g/mol. The van der Waals surface area contributed by atoms with E-state index in [2.05, 4.69) is 10.2 Å². The number of nitrogens with zero attached hydrogens (tertiary/aromatic N) is 1. The first-order valence-electron chi connectivity index (χ1n) is 5.80. The minimum Gasteiger partial charge on any atom is -0.478 e. The van der Waals surface area contributed by atoms with Gasteiger partial charge in [-0.3, -0.25) is 10.1 Å². The summed E-state index contributed by atoms with van der Waals surface area (Å²) < 4.78 is 0. The molecule has 18 heavy (non-hydrogen) atoms. The van der Waals surface area contributed by atoms with Crippen LogP contribution in [-0.4, -0.2) is 54.1 Å². The predicted octanol–water partition coefficient (Wildman–Crippen LogP) is -0.451. The number of amides is 3. The van der Waals surface area contributed by atoms with Gasteiger partial charge in [-0.05, 0) is 25.9 Å². The van der Waals surface area contributed by atoms with Crippen molar-refractivity contribution in [2.75, 3.05) is 26.2 Å². The van der Waals surface area contributed by atoms with Crippen molar-refractivity contribution in [1.29, 1.82) is 0 Å². The molecule has 7 nitrogen and oxygen atoms in total. The van der Waals surface area contributed by atoms with Crippen molar-refractivity contribution >= 4 is 17.9 Å². The number of carbonyl (C=O) groups excluding carboxylic acids is 2. The first kappa shape index (κ1) is 14.2. The fourth-order valence-corrected chi connectivity index (χ4v) is 1.68. The number of carbonyl (C=O) groups is 3. The number of carboxylic acids is 1. The van der Waals surface area contributed by atoms with Gasteiger partial charge in [0.25, 0.3) is 5.91 Å². The van der Waals surface area contributed by atoms with Crippen molar-refractivity contribution in [2.24, 2.45) is 0 Å². The molecule has 0 radical (unpaired) electrons. The molecule has 0 bridgehead atoms. The van der Waals surface area contributed by atoms with Gasteiger partial charge in [0, 0.05) is 25.2 Å². The van der Waals surface area contributed by atoms with E-state index >= 15 is 0 Å². The van der Waals surface area contributed by atoms with Crippen LogP contribution in [0.25, 0.3) is 0 Å². The van der Waals surface area contributed by atoms with E-state index < -0.39 is 17.9 Å². The highest BCUT2D eigenvalue weighted by Crippen LogP contribution is 2.05. The summed E-state index contributed by atoms with van der Waals surface area (Å²) in [6.07, 6.45) is 3.84. The van der Waals surface area contributed by atoms with Gasteiger partial charge in [-0.2, -0.15) is 0 Å². The van der Waals surface area contributed by atoms with Crippen LogP contribution in [0.1, 0.15) is 12.8 Å². The third-order valence-electron chi connectivity index (χ3n) is 2.53. The molecule has 7 heteroatoms. The molecule has 1 rings (SSSR count). The molecule has 1 heterocycles. The molecule has 0 aromatic heterocycles. The molecule has 1 saturated heterocycles. The summed E-state index contributed by atoms with van der Waals surface area (Å²) in [5.74, 6) is -1.99. The van der Waals surface area contributed by atoms with Gasteiger partial charge in [0.1, 0.15) is 0 Å². The molecule has 0 saturated carbocycles. The molecule has 0 aromatic carbocycles. The largest absolute Gasteiger partial charge is 0.478 e. The van der Waals surface area contributed by atoms with Gasteiger partial charge in [0.05, 0.1) is 0 Å². The predicted molar refractivity (Wildman–Crippen MR) is 64.0 cm³/mol. The molecule has 3 N–H and O–H groups in total. The van der Waals surface area contributed by atoms with E-state index in [1.807, 2.05) is 5.32 Å². The molecule has 100 valence electrons. The van der Waals surface area contributed by atoms with E-state index in [1.165, 1.54) is 12.8 Å². The van der Waals surface area contributed by atoms with Gasteiger partial charge in [-0.15, -0.1) is 0 Å². The number of imide groups is 1. The van der Waals surface area contributed by atoms with Crippen molar-refractivity contribution in [3.8, 4) is 0 Å². The lowest BCUT2D eigenvalue weighted by atomic mass is 10.4. The van der Waals surface area contributed by atoms with Crippen molar-refractivity contribution < 1.29 is 19.5 Å². The van der Waals surface area contributed by atoms with Crippen LogP contribution in [0.4, 0.5) is 4.79 Å². The summed E-state index contributed by atoms with van der Waals surface area (Å²) in [7, 11) is 0. The topological polar surface area (TPSA) is 98.7 Å². The van der Waals surface area contributed by atoms with Crippen LogP contribution in [0.5, 0.6) is 0 Å². The van der Waals surface area contributed by atoms with Gasteiger partial charge >= 0.3 is 12.0 Å². The van der Waals surface area contributed by atoms with Gasteiger partial charge in [0.2, 0.25) is 0 Å². The molecular formula is C11H17N3O4. The van der Waals surface area contributed by atoms with Gasteiger partial charge in [-0.1, -0.05) is 0 Å². The monoisotopic (exact) mass is 255 g/mol. The Morgan fingerprint density at radius 1 is 1.17 bits per heavy atom. The second kappa shape index (κ2) is 7.44. The van der Waals surface area contributed by atoms with Crippen LogP contribution >= 0.6 is 0 Å². The van der Waals surface area contributed by atoms with E-state index in [1.54, 1.807) is 0 Å². The fraction of sp³-hybridized carbons (Fsp3) is 0.545. The van der Waals surface area contributed by atoms with E-state index in [0.717, 1.165) is 25.7 Å². The molecule has 0 aromatic rings. The Balaban J connectivity index is 2.12. The Kier molecular flexibility index (Phi) is 5.86. The number of hydrogen-bond acceptors (Lipinski definition) is 4. The Morgan fingerprint density at radius 2 is 1.83 bits per heavy atom. The first-order valence-corrected chi connectivity index (χ1v) is 5.80. The lowest BCUT2D eigenvalue weighted by molar-refractivity contribution is -0.131. The molecule has 0 aliphatic carbocycles. The maximum Gasteiger partial charge on any atom is 0.328 e. The quantitative estimate of drug-likeness (QED) is 0.578. The molecule has 3 amide bonds. The number of likely N-dealkylation sites (tertiary alicyclic amines) is 1. The van der Waals surface area contributed by atoms with Crippen molar-refractivity contribution in [3.05, 3.63) is 12.2 Å². The summed E-state index contributed by atoms with van der Waals surface area (Å²) in [5, 5.41) is 12.8. The molecule has 1 fully saturated rings. The second-order valence-corrected chi connectivity index (χ2v) is 3.97. The Morgan fingerprint density at radius 3 is 2.44 bits per heavy atom. The summed E-state index contributed by atoms with van der Waals surface area (Å²) in [6, 6.07) is -0.616. The molecule has 1 aliphatic rings. The van der Waals surface area contributed by atoms with Crippen molar-refractivity contribution in [1.82, 2.24) is 15.5 Å². The first-order chi connectivity index (χ1) is 8.58. The Hall–Kier alpha value is -1.89. The third-order valence-corrected chi connectivity index (χ3v) is 2.53. The van der Waals surface area contributed by atoms with Crippen LogP contribution in [0.15, 0.2) is 12.2 Å². The van der Waals surface area contributed by atoms with E-state index in [0.29, 0.717) is 12.6 Å². The van der Waals surface area contributed by atoms with Gasteiger partial charge in [0.15, 0.2) is 0 Å². The number of urea groups is 1. The fourth-order valence-electron chi connectivity index (χ4n) is 1.68. The van der Waals surface area contributed by atoms with Crippen LogP contribution in [0, 0.1) is 0 Å². The summed E-state index contributed by atoms with van der Waals surface area (Å²) in [6.45, 7) is 3.31. The van der Waals surface area contributed by atoms with Crippen LogP contribution in [0.2, 0.25) is 0 Å². The van der Waals surface area contributed by atoms with E-state index in [4.69, 9.17) is 5.11 Å². The van der Waals surface area contributed by atoms with Gasteiger partial charge < -0.3 is 15.3 Å². The summed E-state index contributed by atoms with van der Waals surface area (Å²) in [5.41, 5.74) is 0. The zero-order valence-electron chi connectivity index (χ0n) is 10.0. The molecule has 0 unspecified atom stereocenters. The van der Waals surface area contributed by atoms with Crippen LogP contribution in [-0.2, 0) is 9.59 Å². The minimum absolute atomic E-state index is 0.460. The highest BCUT2D eigenvalue weighted by molar-refractivity contribution is 6.02. The maximum absolute atomic E-state index is 11.2. The number of carboxylic acid groups (broad SMARTS) is 1. The number of aliphatic carboxylic acids is 1. The zero-order chi connectivity index (χ0) is 13.4. The van der Waals surface area contributed by atoms with Crippen LogP contribution < -0.4 is 10.6 Å². The Labute approximate surface area is 105 Å². The standard InChI is InChI=1S/C11H17N3O4/c15-9(3-4-10(16)17)13-11(18)12-5-8-14-6-1-2-7-14/h3-4H,1-2,5-8H2,(H,16,17)(H2,12,13,15,18). The van der Waals surface area contributed by atoms with E-state index in [-0.39, 0.29) is 0 Å². The zero-order valence-corrected chi connectivity index (χ0v) is 10.0. The van der Waals surface area contributed by atoms with Gasteiger partial charge in [-0.25, -0.2) is 9.59 Å². The maximum atomic E-state index is 11.2. The summed E-state index contributed by atoms with van der Waals surface area (Å²) >= 11 is 0. The van der Waals surface area contributed by atoms with E-state index in [9.17, 15) is 14.4 Å². The lowest BCUT2D eigenvalue weighted by Crippen LogP contribution is -2.41. The molecule has 1 aliphatic heterocycles. The Bertz CT molecular complexity index is 348. The second-order valence-electron chi connectivity index (χ2n) is 3.97. The highest BCUT2D eigenvalue weighted by atomic mass is 16.4. The molecule has 0 atom stereocenters.